The van der Waals surface area contributed by atoms with Crippen molar-refractivity contribution in [3.63, 3.8) is 0 Å². The van der Waals surface area contributed by atoms with Crippen molar-refractivity contribution in [1.29, 1.82) is 0 Å². The molecule has 1 aliphatic rings. The zero-order chi connectivity index (χ0) is 18.9. The summed E-state index contributed by atoms with van der Waals surface area (Å²) in [5.74, 6) is 1.88. The Morgan fingerprint density at radius 3 is 2.62 bits per heavy atom. The fraction of sp³-hybridized carbons (Fsp3) is 0.579. The van der Waals surface area contributed by atoms with Gasteiger partial charge in [-0.15, -0.1) is 0 Å². The van der Waals surface area contributed by atoms with Crippen molar-refractivity contribution >= 4 is 17.6 Å². The van der Waals surface area contributed by atoms with E-state index in [0.29, 0.717) is 13.0 Å². The second-order valence-corrected chi connectivity index (χ2v) is 6.45. The highest BCUT2D eigenvalue weighted by Crippen LogP contribution is 2.22. The molecule has 1 fully saturated rings. The number of piperazine rings is 1. The van der Waals surface area contributed by atoms with Gasteiger partial charge in [-0.05, 0) is 19.1 Å². The maximum absolute atomic E-state index is 11.7. The van der Waals surface area contributed by atoms with Crippen LogP contribution in [0, 0.1) is 0 Å². The van der Waals surface area contributed by atoms with Gasteiger partial charge in [0, 0.05) is 65.0 Å². The average molecular weight is 361 g/mol. The Kier molecular flexibility index (Phi) is 7.56. The number of nitrogens with zero attached hydrogens (tertiary/aromatic N) is 4. The highest BCUT2D eigenvalue weighted by molar-refractivity contribution is 5.81. The summed E-state index contributed by atoms with van der Waals surface area (Å²) in [7, 11) is 5.24. The number of benzene rings is 1. The highest BCUT2D eigenvalue weighted by atomic mass is 16.5. The lowest BCUT2D eigenvalue weighted by atomic mass is 10.2. The predicted molar refractivity (Wildman–Crippen MR) is 106 cm³/mol. The fourth-order valence-corrected chi connectivity index (χ4v) is 2.89. The van der Waals surface area contributed by atoms with Crippen LogP contribution in [0.25, 0.3) is 0 Å². The summed E-state index contributed by atoms with van der Waals surface area (Å²) in [6, 6.07) is 8.17. The standard InChI is InChI=1S/C19H31N5O2/c1-5-20-19(21-10-9-18(25)22(2)3)24-13-11-23(12-14-24)16-7-6-8-17(15-16)26-4/h6-8,15H,5,9-14H2,1-4H3,(H,20,21). The Morgan fingerprint density at radius 2 is 2.00 bits per heavy atom. The van der Waals surface area contributed by atoms with E-state index in [2.05, 4.69) is 39.2 Å². The largest absolute Gasteiger partial charge is 0.497 e. The molecule has 1 N–H and O–H groups in total. The van der Waals surface area contributed by atoms with Crippen molar-refractivity contribution in [3.8, 4) is 5.75 Å². The molecule has 1 amide bonds. The summed E-state index contributed by atoms with van der Waals surface area (Å²) in [6.07, 6.45) is 0.436. The first-order chi connectivity index (χ1) is 12.5. The van der Waals surface area contributed by atoms with Gasteiger partial charge in [-0.25, -0.2) is 0 Å². The maximum atomic E-state index is 11.7. The van der Waals surface area contributed by atoms with Crippen LogP contribution < -0.4 is 15.0 Å². The number of aliphatic imine (C=N–C) groups is 1. The molecular weight excluding hydrogens is 330 g/mol. The number of anilines is 1. The number of hydrogen-bond acceptors (Lipinski definition) is 4. The van der Waals surface area contributed by atoms with Crippen LogP contribution in [-0.4, -0.2) is 82.1 Å². The van der Waals surface area contributed by atoms with E-state index in [-0.39, 0.29) is 5.91 Å². The van der Waals surface area contributed by atoms with Crippen LogP contribution in [0.2, 0.25) is 0 Å². The van der Waals surface area contributed by atoms with Gasteiger partial charge >= 0.3 is 0 Å². The van der Waals surface area contributed by atoms with Gasteiger partial charge in [0.1, 0.15) is 5.75 Å². The fourth-order valence-electron chi connectivity index (χ4n) is 2.89. The first-order valence-corrected chi connectivity index (χ1v) is 9.17. The average Bonchev–Trinajstić information content (AvgIpc) is 2.67. The number of ether oxygens (including phenoxy) is 1. The molecular formula is C19H31N5O2. The zero-order valence-corrected chi connectivity index (χ0v) is 16.4. The minimum absolute atomic E-state index is 0.104. The molecule has 1 aromatic rings. The van der Waals surface area contributed by atoms with Gasteiger partial charge in [-0.2, -0.15) is 0 Å². The maximum Gasteiger partial charge on any atom is 0.223 e. The summed E-state index contributed by atoms with van der Waals surface area (Å²) in [5, 5.41) is 3.34. The third-order valence-corrected chi connectivity index (χ3v) is 4.42. The van der Waals surface area contributed by atoms with Crippen molar-refractivity contribution in [2.24, 2.45) is 4.99 Å². The van der Waals surface area contributed by atoms with Crippen LogP contribution in [-0.2, 0) is 4.79 Å². The molecule has 0 aliphatic carbocycles. The molecule has 0 atom stereocenters. The summed E-state index contributed by atoms with van der Waals surface area (Å²) in [4.78, 5) is 22.6. The minimum atomic E-state index is 0.104. The number of methoxy groups -OCH3 is 1. The number of rotatable bonds is 6. The second kappa shape index (κ2) is 9.89. The molecule has 26 heavy (non-hydrogen) atoms. The summed E-state index contributed by atoms with van der Waals surface area (Å²) >= 11 is 0. The van der Waals surface area contributed by atoms with E-state index in [1.54, 1.807) is 26.1 Å². The first-order valence-electron chi connectivity index (χ1n) is 9.17. The number of guanidine groups is 1. The van der Waals surface area contributed by atoms with E-state index in [0.717, 1.165) is 44.4 Å². The van der Waals surface area contributed by atoms with Crippen molar-refractivity contribution < 1.29 is 9.53 Å². The molecule has 0 unspecified atom stereocenters. The van der Waals surface area contributed by atoms with Crippen LogP contribution in [0.4, 0.5) is 5.69 Å². The normalized spacial score (nSPS) is 15.0. The monoisotopic (exact) mass is 361 g/mol. The van der Waals surface area contributed by atoms with Crippen LogP contribution in [0.3, 0.4) is 0 Å². The topological polar surface area (TPSA) is 60.4 Å². The van der Waals surface area contributed by atoms with Crippen molar-refractivity contribution in [2.75, 3.05) is 65.4 Å². The van der Waals surface area contributed by atoms with E-state index >= 15 is 0 Å². The Balaban J connectivity index is 1.93. The summed E-state index contributed by atoms with van der Waals surface area (Å²) < 4.78 is 5.32. The predicted octanol–water partition coefficient (Wildman–Crippen LogP) is 1.26. The Hall–Kier alpha value is -2.44. The van der Waals surface area contributed by atoms with Gasteiger partial charge in [0.15, 0.2) is 5.96 Å². The van der Waals surface area contributed by atoms with Crippen LogP contribution in [0.1, 0.15) is 13.3 Å². The van der Waals surface area contributed by atoms with Crippen molar-refractivity contribution in [2.45, 2.75) is 13.3 Å². The molecule has 1 aliphatic heterocycles. The molecule has 0 radical (unpaired) electrons. The Labute approximate surface area is 156 Å². The number of carbonyl (C=O) groups excluding carboxylic acids is 1. The van der Waals surface area contributed by atoms with Gasteiger partial charge in [-0.3, -0.25) is 9.79 Å². The van der Waals surface area contributed by atoms with E-state index in [4.69, 9.17) is 4.74 Å². The smallest absolute Gasteiger partial charge is 0.223 e. The zero-order valence-electron chi connectivity index (χ0n) is 16.4. The molecule has 1 aromatic carbocycles. The molecule has 144 valence electrons. The van der Waals surface area contributed by atoms with E-state index in [1.165, 1.54) is 5.69 Å². The van der Waals surface area contributed by atoms with Gasteiger partial charge in [0.2, 0.25) is 5.91 Å². The minimum Gasteiger partial charge on any atom is -0.497 e. The molecule has 2 rings (SSSR count). The van der Waals surface area contributed by atoms with Gasteiger partial charge in [0.25, 0.3) is 0 Å². The van der Waals surface area contributed by atoms with Crippen LogP contribution >= 0.6 is 0 Å². The van der Waals surface area contributed by atoms with Gasteiger partial charge in [0.05, 0.1) is 13.7 Å². The molecule has 0 aromatic heterocycles. The Morgan fingerprint density at radius 1 is 1.27 bits per heavy atom. The lowest BCUT2D eigenvalue weighted by Gasteiger charge is -2.37. The SMILES string of the molecule is CCNC(=NCCC(=O)N(C)C)N1CCN(c2cccc(OC)c2)CC1. The van der Waals surface area contributed by atoms with Crippen LogP contribution in [0.5, 0.6) is 5.75 Å². The molecule has 7 heteroatoms. The number of nitrogens with one attached hydrogen (secondary N) is 1. The molecule has 7 nitrogen and oxygen atoms in total. The van der Waals surface area contributed by atoms with Gasteiger partial charge in [-0.1, -0.05) is 6.07 Å². The van der Waals surface area contributed by atoms with Crippen molar-refractivity contribution in [3.05, 3.63) is 24.3 Å². The number of carbonyl (C=O) groups is 1. The number of amides is 1. The van der Waals surface area contributed by atoms with E-state index in [9.17, 15) is 4.79 Å². The van der Waals surface area contributed by atoms with Crippen LogP contribution in [0.15, 0.2) is 29.3 Å². The van der Waals surface area contributed by atoms with E-state index < -0.39 is 0 Å². The second-order valence-electron chi connectivity index (χ2n) is 6.45. The molecule has 0 spiro atoms. The quantitative estimate of drug-likeness (QED) is 0.611. The lowest BCUT2D eigenvalue weighted by molar-refractivity contribution is -0.128. The lowest BCUT2D eigenvalue weighted by Crippen LogP contribution is -2.52. The van der Waals surface area contributed by atoms with E-state index in [1.807, 2.05) is 12.1 Å². The molecule has 1 heterocycles. The van der Waals surface area contributed by atoms with Gasteiger partial charge < -0.3 is 24.8 Å². The highest BCUT2D eigenvalue weighted by Gasteiger charge is 2.20. The third-order valence-electron chi connectivity index (χ3n) is 4.42. The first kappa shape index (κ1) is 19.9. The van der Waals surface area contributed by atoms with Crippen molar-refractivity contribution in [1.82, 2.24) is 15.1 Å². The summed E-state index contributed by atoms with van der Waals surface area (Å²) in [5.41, 5.74) is 1.18. The molecule has 1 saturated heterocycles. The molecule has 0 bridgehead atoms. The Bertz CT molecular complexity index is 610. The third kappa shape index (κ3) is 5.54. The number of hydrogen-bond donors (Lipinski definition) is 1. The molecule has 0 saturated carbocycles. The summed E-state index contributed by atoms with van der Waals surface area (Å²) in [6.45, 7) is 7.02.